The molecule has 12 spiro atoms. The molecule has 14 aliphatic rings. The predicted octanol–water partition coefficient (Wildman–Crippen LogP) is -3.10. The fourth-order valence-electron chi connectivity index (χ4n) is 5.17. The van der Waals surface area contributed by atoms with Crippen LogP contribution in [0.2, 0.25) is 0 Å². The molecule has 0 saturated carbocycles. The van der Waals surface area contributed by atoms with Crippen LogP contribution in [0.15, 0.2) is 0 Å². The molecule has 14 heterocycles. The van der Waals surface area contributed by atoms with E-state index in [0.717, 1.165) is 0 Å². The van der Waals surface area contributed by atoms with Crippen molar-refractivity contribution in [2.75, 3.05) is 0 Å². The maximum atomic E-state index is 15.2. The first kappa shape index (κ1) is 33.8. The van der Waals surface area contributed by atoms with Crippen LogP contribution < -0.4 is 0 Å². The Kier molecular flexibility index (Phi) is 4.27. The molecule has 36 nitrogen and oxygen atoms in total. The third-order valence-electron chi connectivity index (χ3n) is 5.33. The van der Waals surface area contributed by atoms with Gasteiger partial charge in [-0.15, -0.1) is 0 Å². The van der Waals surface area contributed by atoms with Gasteiger partial charge in [0.15, 0.2) is 0 Å². The van der Waals surface area contributed by atoms with Gasteiger partial charge in [-0.25, -0.2) is 0 Å². The van der Waals surface area contributed by atoms with Crippen LogP contribution >= 0.6 is 0 Å². The number of hydrogen-bond donors (Lipinski definition) is 0. The molecule has 14 aliphatic heterocycles. The molecule has 0 aromatic carbocycles. The van der Waals surface area contributed by atoms with E-state index < -0.39 is 196 Å². The summed E-state index contributed by atoms with van der Waals surface area (Å²) in [4.78, 5) is 0. The van der Waals surface area contributed by atoms with Crippen molar-refractivity contribution in [3.63, 3.8) is 0 Å². The molecule has 0 aromatic rings. The summed E-state index contributed by atoms with van der Waals surface area (Å²) in [6, 6.07) is 0. The first-order chi connectivity index (χ1) is 20.5. The van der Waals surface area contributed by atoms with Gasteiger partial charge in [-0.05, 0) is 0 Å². The van der Waals surface area contributed by atoms with Crippen molar-refractivity contribution < 1.29 is 285 Å². The van der Waals surface area contributed by atoms with Crippen molar-refractivity contribution in [2.24, 2.45) is 0 Å². The Morgan fingerprint density at radius 3 is 0.208 bits per heavy atom. The van der Waals surface area contributed by atoms with Crippen molar-refractivity contribution in [1.29, 1.82) is 0 Å². The summed E-state index contributed by atoms with van der Waals surface area (Å²) in [5.41, 5.74) is 0. The van der Waals surface area contributed by atoms with E-state index in [1.165, 1.54) is 0 Å². The molecule has 0 amide bonds. The fraction of sp³-hybridized carbons (Fsp3) is 0. The van der Waals surface area contributed by atoms with E-state index in [9.17, 15) is 0 Å². The topological polar surface area (TPSA) is 426 Å². The Morgan fingerprint density at radius 1 is 0.125 bits per heavy atom. The van der Waals surface area contributed by atoms with Gasteiger partial charge in [-0.2, -0.15) is 0 Å². The Hall–Kier alpha value is 4.90. The van der Waals surface area contributed by atoms with E-state index in [0.29, 0.717) is 0 Å². The summed E-state index contributed by atoms with van der Waals surface area (Å²) in [6.45, 7) is 0. The third kappa shape index (κ3) is 3.27. The molecule has 14 rings (SSSR count). The Morgan fingerprint density at radius 2 is 0.167 bits per heavy atom. The quantitative estimate of drug-likeness (QED) is 0.217. The summed E-state index contributed by atoms with van der Waals surface area (Å²) >= 11 is -120. The first-order valence-electron chi connectivity index (χ1n) is 10.00. The number of hydrogen-bond acceptors (Lipinski definition) is 36. The van der Waals surface area contributed by atoms with Gasteiger partial charge in [-0.1, -0.05) is 0 Å². The van der Waals surface area contributed by atoms with Crippen LogP contribution in [-0.4, -0.2) is 0 Å². The van der Waals surface area contributed by atoms with Crippen LogP contribution in [-0.2, 0) is 285 Å². The molecule has 48 heavy (non-hydrogen) atoms. The normalized spacial score (nSPS) is 62.5. The molecular weight excluding hydrogens is 1730 g/mol. The zero-order chi connectivity index (χ0) is 34.3. The fourth-order valence-corrected chi connectivity index (χ4v) is 321. The van der Waals surface area contributed by atoms with E-state index in [-0.39, 0.29) is 0 Å². The Bertz CT molecular complexity index is 2400. The average Bonchev–Trinajstić information content (AvgIpc) is 2.42. The molecule has 48 heteroatoms. The van der Waals surface area contributed by atoms with Crippen LogP contribution in [0.4, 0.5) is 0 Å². The van der Waals surface area contributed by atoms with Crippen LogP contribution in [0.5, 0.6) is 0 Å². The van der Waals surface area contributed by atoms with E-state index in [1.807, 2.05) is 0 Å². The van der Waals surface area contributed by atoms with E-state index in [2.05, 4.69) is 49.0 Å². The molecule has 0 N–H and O–H groups in total. The van der Waals surface area contributed by atoms with Gasteiger partial charge < -0.3 is 0 Å². The van der Waals surface area contributed by atoms with Gasteiger partial charge in [0.1, 0.15) is 0 Å². The minimum absolute atomic E-state index is 4.58. The van der Waals surface area contributed by atoms with E-state index in [4.69, 9.17) is 0 Å². The second-order valence-electron chi connectivity index (χ2n) is 9.80. The van der Waals surface area contributed by atoms with Crippen molar-refractivity contribution in [3.05, 3.63) is 0 Å². The van der Waals surface area contributed by atoms with Gasteiger partial charge in [0.05, 0.1) is 0 Å². The zero-order valence-electron chi connectivity index (χ0n) is 19.6. The molecule has 0 radical (unpaired) electrons. The Balaban J connectivity index is 1.46. The van der Waals surface area contributed by atoms with Gasteiger partial charge in [-0.3, -0.25) is 0 Å². The van der Waals surface area contributed by atoms with Crippen molar-refractivity contribution in [3.8, 4) is 0 Å². The zero-order valence-corrected chi connectivity index (χ0v) is 43.7. The summed E-state index contributed by atoms with van der Waals surface area (Å²) in [6.07, 6.45) is 0. The molecule has 14 saturated heterocycles. The molecule has 0 aliphatic carbocycles. The van der Waals surface area contributed by atoms with Gasteiger partial charge in [0.25, 0.3) is 0 Å². The average molecular weight is 1730 g/mol. The van der Waals surface area contributed by atoms with Gasteiger partial charge in [0.2, 0.25) is 0 Å². The predicted molar refractivity (Wildman–Crippen MR) is 34.3 cm³/mol. The van der Waals surface area contributed by atoms with Crippen molar-refractivity contribution in [1.82, 2.24) is 0 Å². The van der Waals surface area contributed by atoms with Crippen molar-refractivity contribution >= 4 is 0 Å². The molecular formula is Mo12O36. The monoisotopic (exact) mass is 1750 g/mol. The molecule has 0 aromatic heterocycles. The molecule has 12 bridgehead atoms. The van der Waals surface area contributed by atoms with Crippen LogP contribution in [0.3, 0.4) is 0 Å². The Labute approximate surface area is 279 Å². The van der Waals surface area contributed by atoms with E-state index >= 15 is 40.8 Å². The summed E-state index contributed by atoms with van der Waals surface area (Å²) in [7, 11) is 0. The van der Waals surface area contributed by atoms with Crippen LogP contribution in [0, 0.1) is 0 Å². The molecule has 0 unspecified atom stereocenters. The summed E-state index contributed by atoms with van der Waals surface area (Å²) < 4.78 is 292. The third-order valence-corrected chi connectivity index (χ3v) is 187. The first-order valence-corrected chi connectivity index (χ1v) is 59.2. The second-order valence-corrected chi connectivity index (χ2v) is 105. The van der Waals surface area contributed by atoms with Gasteiger partial charge in [0, 0.05) is 0 Å². The molecule has 0 atom stereocenters. The molecule has 14 fully saturated rings. The number of rotatable bonds is 0. The minimum atomic E-state index is -10.0. The van der Waals surface area contributed by atoms with Crippen LogP contribution in [0.25, 0.3) is 0 Å². The molecule has 288 valence electrons. The summed E-state index contributed by atoms with van der Waals surface area (Å²) in [5.74, 6) is 0. The second kappa shape index (κ2) is 6.06. The van der Waals surface area contributed by atoms with Crippen LogP contribution in [0.1, 0.15) is 0 Å². The van der Waals surface area contributed by atoms with Gasteiger partial charge >= 0.3 is 285 Å². The van der Waals surface area contributed by atoms with Crippen molar-refractivity contribution in [2.45, 2.75) is 0 Å². The SMILES string of the molecule is [O]=[Mo]123[O][Mo]45(=[O])[O][Mo]6(=[O])([O]1)[O][Mo]17(=[O])[O][Mo]8(=[O])([O]6)[O][Mo]6(=[O])([O][Mo]9%10(=[O])[O][Mo]%11(=[O])([O]6)[O][Mo](=[O])([O][Mo](=[O])([O]4)([O]%11)[O]8)([O]5)[O][Mo](=[O])([O][Mo](=[O])([O]2)([O]9)[O]1)([O]3)[O]%10)[O]7. The summed E-state index contributed by atoms with van der Waals surface area (Å²) in [5, 5.41) is 0. The maximum absolute atomic E-state index is 15.2. The standard InChI is InChI=1S/12Mo.36O. The van der Waals surface area contributed by atoms with E-state index in [1.54, 1.807) is 0 Å².